The van der Waals surface area contributed by atoms with E-state index in [-0.39, 0.29) is 0 Å². The molecule has 0 aliphatic rings. The zero-order valence-corrected chi connectivity index (χ0v) is 13.0. The minimum Gasteiger partial charge on any atom is -0.339 e. The summed E-state index contributed by atoms with van der Waals surface area (Å²) in [6, 6.07) is 6.49. The Kier molecular flexibility index (Phi) is 4.71. The third-order valence-electron chi connectivity index (χ3n) is 3.18. The molecule has 102 valence electrons. The molecule has 0 aliphatic heterocycles. The topological polar surface area (TPSA) is 51.0 Å². The van der Waals surface area contributed by atoms with E-state index in [1.54, 1.807) is 0 Å². The number of aryl methyl sites for hydroxylation is 2. The lowest BCUT2D eigenvalue weighted by Crippen LogP contribution is -2.21. The van der Waals surface area contributed by atoms with Crippen molar-refractivity contribution in [2.45, 2.75) is 32.7 Å². The normalized spacial score (nSPS) is 12.6. The van der Waals surface area contributed by atoms with Gasteiger partial charge in [0.25, 0.3) is 0 Å². The van der Waals surface area contributed by atoms with Crippen LogP contribution in [0.3, 0.4) is 0 Å². The van der Waals surface area contributed by atoms with Gasteiger partial charge in [0.15, 0.2) is 0 Å². The molecule has 0 spiro atoms. The van der Waals surface area contributed by atoms with Crippen LogP contribution in [0.2, 0.25) is 0 Å². The predicted molar refractivity (Wildman–Crippen MR) is 79.0 cm³/mol. The quantitative estimate of drug-likeness (QED) is 0.916. The lowest BCUT2D eigenvalue weighted by atomic mass is 10.1. The minimum absolute atomic E-state index is 0.449. The first kappa shape index (κ1) is 14.2. The second-order valence-electron chi connectivity index (χ2n) is 4.70. The van der Waals surface area contributed by atoms with Crippen LogP contribution in [-0.2, 0) is 6.42 Å². The minimum atomic E-state index is 0.449. The third kappa shape index (κ3) is 3.64. The van der Waals surface area contributed by atoms with Crippen molar-refractivity contribution in [3.05, 3.63) is 34.1 Å². The van der Waals surface area contributed by atoms with E-state index in [1.807, 2.05) is 26.1 Å². The maximum Gasteiger partial charge on any atom is 0.227 e. The first-order valence-corrected chi connectivity index (χ1v) is 7.16. The maximum atomic E-state index is 5.30. The molecular formula is C14H18BrN3O. The highest BCUT2D eigenvalue weighted by Gasteiger charge is 2.11. The van der Waals surface area contributed by atoms with Crippen molar-refractivity contribution < 1.29 is 4.52 Å². The van der Waals surface area contributed by atoms with Crippen molar-refractivity contribution in [2.24, 2.45) is 0 Å². The average Bonchev–Trinajstić information content (AvgIpc) is 2.84. The molecule has 4 nitrogen and oxygen atoms in total. The Morgan fingerprint density at radius 1 is 1.42 bits per heavy atom. The smallest absolute Gasteiger partial charge is 0.227 e. The number of hydrogen-bond acceptors (Lipinski definition) is 4. The lowest BCUT2D eigenvalue weighted by molar-refractivity contribution is 0.369. The Bertz CT molecular complexity index is 553. The van der Waals surface area contributed by atoms with Crippen LogP contribution in [0, 0.1) is 6.92 Å². The third-order valence-corrected chi connectivity index (χ3v) is 3.67. The Morgan fingerprint density at radius 3 is 2.89 bits per heavy atom. The molecule has 0 saturated carbocycles. The van der Waals surface area contributed by atoms with E-state index in [0.29, 0.717) is 17.8 Å². The van der Waals surface area contributed by atoms with Gasteiger partial charge in [-0.3, -0.25) is 0 Å². The van der Waals surface area contributed by atoms with Gasteiger partial charge in [0.2, 0.25) is 11.7 Å². The number of hydrogen-bond donors (Lipinski definition) is 1. The molecule has 0 saturated heterocycles. The molecule has 0 bridgehead atoms. The van der Waals surface area contributed by atoms with Gasteiger partial charge in [-0.2, -0.15) is 4.98 Å². The molecule has 2 aromatic rings. The van der Waals surface area contributed by atoms with E-state index in [1.165, 1.54) is 0 Å². The number of benzene rings is 1. The number of halogens is 1. The highest BCUT2D eigenvalue weighted by atomic mass is 79.9. The summed E-state index contributed by atoms with van der Waals surface area (Å²) in [6.45, 7) is 4.18. The highest BCUT2D eigenvalue weighted by molar-refractivity contribution is 9.10. The Hall–Kier alpha value is -1.20. The van der Waals surface area contributed by atoms with Gasteiger partial charge >= 0.3 is 0 Å². The highest BCUT2D eigenvalue weighted by Crippen LogP contribution is 2.24. The fourth-order valence-electron chi connectivity index (χ4n) is 1.83. The summed E-state index contributed by atoms with van der Waals surface area (Å²) in [5, 5.41) is 7.25. The molecule has 1 aromatic carbocycles. The van der Waals surface area contributed by atoms with Gasteiger partial charge in [-0.25, -0.2) is 0 Å². The maximum absolute atomic E-state index is 5.30. The van der Waals surface area contributed by atoms with Gasteiger partial charge < -0.3 is 9.84 Å². The zero-order valence-electron chi connectivity index (χ0n) is 11.4. The van der Waals surface area contributed by atoms with Crippen molar-refractivity contribution in [1.82, 2.24) is 15.5 Å². The molecule has 0 amide bonds. The zero-order chi connectivity index (χ0) is 13.8. The van der Waals surface area contributed by atoms with Crippen molar-refractivity contribution >= 4 is 15.9 Å². The molecule has 1 atom stereocenters. The number of rotatable bonds is 5. The first-order valence-electron chi connectivity index (χ1n) is 6.36. The summed E-state index contributed by atoms with van der Waals surface area (Å²) in [5.74, 6) is 1.36. The lowest BCUT2D eigenvalue weighted by Gasteiger charge is -2.06. The SMILES string of the molecule is CNC(C)CCc1nc(-c2ccc(Br)cc2C)no1. The van der Waals surface area contributed by atoms with E-state index < -0.39 is 0 Å². The van der Waals surface area contributed by atoms with Gasteiger partial charge in [-0.15, -0.1) is 0 Å². The van der Waals surface area contributed by atoms with E-state index in [2.05, 4.69) is 44.4 Å². The first-order chi connectivity index (χ1) is 9.10. The van der Waals surface area contributed by atoms with Crippen molar-refractivity contribution in [3.63, 3.8) is 0 Å². The van der Waals surface area contributed by atoms with Crippen LogP contribution < -0.4 is 5.32 Å². The molecule has 0 fully saturated rings. The fourth-order valence-corrected chi connectivity index (χ4v) is 2.30. The second kappa shape index (κ2) is 6.30. The molecular weight excluding hydrogens is 306 g/mol. The van der Waals surface area contributed by atoms with Gasteiger partial charge in [0.05, 0.1) is 0 Å². The molecule has 0 radical (unpaired) electrons. The van der Waals surface area contributed by atoms with Crippen LogP contribution in [0.4, 0.5) is 0 Å². The van der Waals surface area contributed by atoms with Gasteiger partial charge in [0, 0.05) is 22.5 Å². The van der Waals surface area contributed by atoms with Crippen LogP contribution in [0.25, 0.3) is 11.4 Å². The van der Waals surface area contributed by atoms with Gasteiger partial charge in [-0.1, -0.05) is 21.1 Å². The summed E-state index contributed by atoms with van der Waals surface area (Å²) >= 11 is 3.45. The Balaban J connectivity index is 2.12. The monoisotopic (exact) mass is 323 g/mol. The molecule has 1 N–H and O–H groups in total. The number of nitrogens with one attached hydrogen (secondary N) is 1. The molecule has 1 aromatic heterocycles. The Labute approximate surface area is 121 Å². The summed E-state index contributed by atoms with van der Waals surface area (Å²) in [4.78, 5) is 4.46. The van der Waals surface area contributed by atoms with Crippen LogP contribution in [0.1, 0.15) is 24.8 Å². The van der Waals surface area contributed by atoms with E-state index in [9.17, 15) is 0 Å². The van der Waals surface area contributed by atoms with Gasteiger partial charge in [0.1, 0.15) is 0 Å². The number of aromatic nitrogens is 2. The molecule has 1 heterocycles. The Morgan fingerprint density at radius 2 is 2.21 bits per heavy atom. The molecule has 2 rings (SSSR count). The molecule has 1 unspecified atom stereocenters. The molecule has 5 heteroatoms. The van der Waals surface area contributed by atoms with Crippen LogP contribution in [0.5, 0.6) is 0 Å². The second-order valence-corrected chi connectivity index (χ2v) is 5.62. The summed E-state index contributed by atoms with van der Waals surface area (Å²) in [5.41, 5.74) is 2.14. The summed E-state index contributed by atoms with van der Waals surface area (Å²) < 4.78 is 6.35. The van der Waals surface area contributed by atoms with Crippen LogP contribution in [-0.4, -0.2) is 23.2 Å². The number of nitrogens with zero attached hydrogens (tertiary/aromatic N) is 2. The summed E-state index contributed by atoms with van der Waals surface area (Å²) in [6.07, 6.45) is 1.78. The van der Waals surface area contributed by atoms with E-state index in [4.69, 9.17) is 4.52 Å². The standard InChI is InChI=1S/C14H18BrN3O/c1-9-8-11(15)5-6-12(9)14-17-13(19-18-14)7-4-10(2)16-3/h5-6,8,10,16H,4,7H2,1-3H3. The van der Waals surface area contributed by atoms with Crippen molar-refractivity contribution in [3.8, 4) is 11.4 Å². The molecule has 19 heavy (non-hydrogen) atoms. The fraction of sp³-hybridized carbons (Fsp3) is 0.429. The van der Waals surface area contributed by atoms with Crippen LogP contribution in [0.15, 0.2) is 27.2 Å². The van der Waals surface area contributed by atoms with E-state index >= 15 is 0 Å². The average molecular weight is 324 g/mol. The summed E-state index contributed by atoms with van der Waals surface area (Å²) in [7, 11) is 1.95. The molecule has 0 aliphatic carbocycles. The van der Waals surface area contributed by atoms with E-state index in [0.717, 1.165) is 28.4 Å². The van der Waals surface area contributed by atoms with Crippen molar-refractivity contribution in [1.29, 1.82) is 0 Å². The largest absolute Gasteiger partial charge is 0.339 e. The predicted octanol–water partition coefficient (Wildman–Crippen LogP) is 3.35. The van der Waals surface area contributed by atoms with Crippen LogP contribution >= 0.6 is 15.9 Å². The van der Waals surface area contributed by atoms with Crippen molar-refractivity contribution in [2.75, 3.05) is 7.05 Å². The van der Waals surface area contributed by atoms with Gasteiger partial charge in [-0.05, 0) is 51.1 Å².